The van der Waals surface area contributed by atoms with Crippen molar-refractivity contribution in [2.24, 2.45) is 0 Å². The summed E-state index contributed by atoms with van der Waals surface area (Å²) >= 11 is 0. The highest BCUT2D eigenvalue weighted by atomic mass is 16.3. The van der Waals surface area contributed by atoms with Gasteiger partial charge in [0.15, 0.2) is 5.58 Å². The van der Waals surface area contributed by atoms with Gasteiger partial charge in [0.05, 0.1) is 11.4 Å². The lowest BCUT2D eigenvalue weighted by molar-refractivity contribution is 0.670. The van der Waals surface area contributed by atoms with Crippen LogP contribution in [-0.2, 0) is 0 Å². The van der Waals surface area contributed by atoms with Gasteiger partial charge in [0.1, 0.15) is 16.7 Å². The van der Waals surface area contributed by atoms with Gasteiger partial charge < -0.3 is 13.7 Å². The molecule has 49 heavy (non-hydrogen) atoms. The molecule has 10 rings (SSSR count). The number of para-hydroxylation sites is 4. The van der Waals surface area contributed by atoms with Gasteiger partial charge in [0.25, 0.3) is 0 Å². The molecular formula is C46H29NO2. The first-order valence-electron chi connectivity index (χ1n) is 16.6. The number of anilines is 3. The zero-order chi connectivity index (χ0) is 32.3. The van der Waals surface area contributed by atoms with Crippen LogP contribution in [0.1, 0.15) is 0 Å². The summed E-state index contributed by atoms with van der Waals surface area (Å²) in [6, 6.07) is 61.9. The summed E-state index contributed by atoms with van der Waals surface area (Å²) in [5.41, 5.74) is 11.1. The Hall–Kier alpha value is -6.58. The fourth-order valence-corrected chi connectivity index (χ4v) is 7.39. The molecule has 0 saturated carbocycles. The predicted octanol–water partition coefficient (Wildman–Crippen LogP) is 13.4. The lowest BCUT2D eigenvalue weighted by atomic mass is 10.00. The third-order valence-electron chi connectivity index (χ3n) is 9.68. The summed E-state index contributed by atoms with van der Waals surface area (Å²) in [5, 5.41) is 6.74. The van der Waals surface area contributed by atoms with Crippen LogP contribution in [0.25, 0.3) is 76.9 Å². The van der Waals surface area contributed by atoms with Crippen molar-refractivity contribution < 1.29 is 8.83 Å². The molecular weight excluding hydrogens is 599 g/mol. The monoisotopic (exact) mass is 627 g/mol. The molecule has 10 aromatic rings. The van der Waals surface area contributed by atoms with E-state index in [-0.39, 0.29) is 0 Å². The van der Waals surface area contributed by atoms with E-state index in [2.05, 4.69) is 169 Å². The molecule has 2 heterocycles. The summed E-state index contributed by atoms with van der Waals surface area (Å²) in [6.07, 6.45) is 0. The summed E-state index contributed by atoms with van der Waals surface area (Å²) in [7, 11) is 0. The minimum Gasteiger partial charge on any atom is -0.455 e. The molecule has 0 unspecified atom stereocenters. The number of fused-ring (bicyclic) bond motifs is 8. The quantitative estimate of drug-likeness (QED) is 0.190. The van der Waals surface area contributed by atoms with E-state index in [9.17, 15) is 0 Å². The van der Waals surface area contributed by atoms with Gasteiger partial charge in [-0.3, -0.25) is 0 Å². The van der Waals surface area contributed by atoms with Gasteiger partial charge in [-0.25, -0.2) is 0 Å². The van der Waals surface area contributed by atoms with Crippen molar-refractivity contribution in [1.29, 1.82) is 0 Å². The molecule has 0 aliphatic carbocycles. The third kappa shape index (κ3) is 4.37. The highest BCUT2D eigenvalue weighted by molar-refractivity contribution is 6.18. The van der Waals surface area contributed by atoms with E-state index in [0.717, 1.165) is 94.0 Å². The molecule has 8 aromatic carbocycles. The van der Waals surface area contributed by atoms with Crippen molar-refractivity contribution >= 4 is 71.7 Å². The molecule has 230 valence electrons. The Bertz CT molecular complexity index is 2830. The Morgan fingerprint density at radius 3 is 1.82 bits per heavy atom. The molecule has 0 radical (unpaired) electrons. The maximum absolute atomic E-state index is 6.88. The lowest BCUT2D eigenvalue weighted by Crippen LogP contribution is -2.11. The van der Waals surface area contributed by atoms with Crippen LogP contribution in [0.4, 0.5) is 17.1 Å². The van der Waals surface area contributed by atoms with E-state index in [4.69, 9.17) is 8.83 Å². The van der Waals surface area contributed by atoms with Gasteiger partial charge >= 0.3 is 0 Å². The van der Waals surface area contributed by atoms with Crippen molar-refractivity contribution in [2.75, 3.05) is 4.90 Å². The van der Waals surface area contributed by atoms with Gasteiger partial charge in [0, 0.05) is 43.7 Å². The Morgan fingerprint density at radius 1 is 0.327 bits per heavy atom. The van der Waals surface area contributed by atoms with Crippen LogP contribution in [0.5, 0.6) is 0 Å². The van der Waals surface area contributed by atoms with E-state index in [1.54, 1.807) is 0 Å². The largest absolute Gasteiger partial charge is 0.455 e. The van der Waals surface area contributed by atoms with Crippen LogP contribution < -0.4 is 4.90 Å². The van der Waals surface area contributed by atoms with Crippen LogP contribution in [0.2, 0.25) is 0 Å². The molecule has 0 saturated heterocycles. The summed E-state index contributed by atoms with van der Waals surface area (Å²) in [6.45, 7) is 0. The fraction of sp³-hybridized carbons (Fsp3) is 0. The molecule has 0 spiro atoms. The topological polar surface area (TPSA) is 29.5 Å². The van der Waals surface area contributed by atoms with Crippen molar-refractivity contribution in [1.82, 2.24) is 0 Å². The molecule has 0 atom stereocenters. The lowest BCUT2D eigenvalue weighted by Gasteiger charge is -2.28. The first-order valence-corrected chi connectivity index (χ1v) is 16.6. The smallest absolute Gasteiger partial charge is 0.159 e. The van der Waals surface area contributed by atoms with Crippen LogP contribution in [0.15, 0.2) is 185 Å². The first kappa shape index (κ1) is 27.5. The van der Waals surface area contributed by atoms with Crippen LogP contribution >= 0.6 is 0 Å². The number of benzene rings is 8. The average Bonchev–Trinajstić information content (AvgIpc) is 3.75. The number of hydrogen-bond acceptors (Lipinski definition) is 3. The minimum atomic E-state index is 0.854. The molecule has 0 aliphatic rings. The predicted molar refractivity (Wildman–Crippen MR) is 204 cm³/mol. The van der Waals surface area contributed by atoms with Crippen LogP contribution in [0.3, 0.4) is 0 Å². The number of furan rings is 2. The van der Waals surface area contributed by atoms with Gasteiger partial charge in [-0.15, -0.1) is 0 Å². The SMILES string of the molecule is c1ccc(-c2ccccc2N(c2ccc(-c3cccc4c3oc3ccccc34)cc2)c2cccc3c2oc2c4ccccc4ccc32)cc1. The van der Waals surface area contributed by atoms with Gasteiger partial charge in [-0.2, -0.15) is 0 Å². The molecule has 0 bridgehead atoms. The molecule has 2 aromatic heterocycles. The Balaban J connectivity index is 1.20. The second kappa shape index (κ2) is 11.0. The van der Waals surface area contributed by atoms with Gasteiger partial charge in [-0.1, -0.05) is 140 Å². The Labute approximate surface area is 282 Å². The first-order chi connectivity index (χ1) is 24.3. The van der Waals surface area contributed by atoms with Crippen LogP contribution in [0, 0.1) is 0 Å². The fourth-order valence-electron chi connectivity index (χ4n) is 7.39. The highest BCUT2D eigenvalue weighted by Gasteiger charge is 2.23. The van der Waals surface area contributed by atoms with E-state index in [1.165, 1.54) is 0 Å². The van der Waals surface area contributed by atoms with Crippen molar-refractivity contribution in [3.8, 4) is 22.3 Å². The van der Waals surface area contributed by atoms with Crippen LogP contribution in [-0.4, -0.2) is 0 Å². The highest BCUT2D eigenvalue weighted by Crippen LogP contribution is 2.46. The number of rotatable bonds is 5. The standard InChI is InChI=1S/C46H29NO2/c1-2-12-30(13-3-1)34-15-6-8-21-41(34)47(42-22-11-20-39-40-29-26-31-14-4-5-16-35(31)45(40)49-46(39)42)33-27-24-32(25-28-33)36-18-10-19-38-37-17-7-9-23-43(37)48-44(36)38/h1-29H. The summed E-state index contributed by atoms with van der Waals surface area (Å²) in [5.74, 6) is 0. The molecule has 3 nitrogen and oxygen atoms in total. The zero-order valence-corrected chi connectivity index (χ0v) is 26.5. The molecule has 0 aliphatic heterocycles. The average molecular weight is 628 g/mol. The van der Waals surface area contributed by atoms with E-state index in [1.807, 2.05) is 12.1 Å². The minimum absolute atomic E-state index is 0.854. The number of nitrogens with zero attached hydrogens (tertiary/aromatic N) is 1. The Morgan fingerprint density at radius 2 is 0.939 bits per heavy atom. The maximum Gasteiger partial charge on any atom is 0.159 e. The molecule has 0 amide bonds. The van der Waals surface area contributed by atoms with Gasteiger partial charge in [-0.05, 0) is 52.9 Å². The molecule has 3 heteroatoms. The van der Waals surface area contributed by atoms with Crippen molar-refractivity contribution in [2.45, 2.75) is 0 Å². The molecule has 0 N–H and O–H groups in total. The van der Waals surface area contributed by atoms with Gasteiger partial charge in [0.2, 0.25) is 0 Å². The molecule has 0 fully saturated rings. The maximum atomic E-state index is 6.88. The zero-order valence-electron chi connectivity index (χ0n) is 26.5. The second-order valence-electron chi connectivity index (χ2n) is 12.5. The van der Waals surface area contributed by atoms with E-state index in [0.29, 0.717) is 0 Å². The summed E-state index contributed by atoms with van der Waals surface area (Å²) in [4.78, 5) is 2.33. The van der Waals surface area contributed by atoms with E-state index < -0.39 is 0 Å². The second-order valence-corrected chi connectivity index (χ2v) is 12.5. The van der Waals surface area contributed by atoms with Crippen molar-refractivity contribution in [3.05, 3.63) is 176 Å². The third-order valence-corrected chi connectivity index (χ3v) is 9.68. The normalized spacial score (nSPS) is 11.7. The summed E-state index contributed by atoms with van der Waals surface area (Å²) < 4.78 is 13.3. The number of hydrogen-bond donors (Lipinski definition) is 0. The van der Waals surface area contributed by atoms with E-state index >= 15 is 0 Å². The van der Waals surface area contributed by atoms with Crippen molar-refractivity contribution in [3.63, 3.8) is 0 Å². The Kier molecular flexibility index (Phi) is 6.18.